The Bertz CT molecular complexity index is 279. The molecule has 0 saturated carbocycles. The number of allylic oxidation sites excluding steroid dienone is 2. The molecule has 26 heavy (non-hydrogen) atoms. The highest BCUT2D eigenvalue weighted by molar-refractivity contribution is 4.81. The molecule has 156 valence electrons. The summed E-state index contributed by atoms with van der Waals surface area (Å²) >= 11 is 0. The van der Waals surface area contributed by atoms with E-state index in [1.165, 1.54) is 77.0 Å². The normalized spacial score (nSPS) is 11.8. The molecule has 0 aromatic heterocycles. The lowest BCUT2D eigenvalue weighted by Gasteiger charge is -2.13. The van der Waals surface area contributed by atoms with Gasteiger partial charge in [0.15, 0.2) is 0 Å². The smallest absolute Gasteiger partial charge is 0.0433 e. The zero-order valence-corrected chi connectivity index (χ0v) is 17.0. The minimum atomic E-state index is 0.247. The Morgan fingerprint density at radius 2 is 1.08 bits per heavy atom. The van der Waals surface area contributed by atoms with Crippen molar-refractivity contribution in [2.45, 2.75) is 103 Å². The minimum absolute atomic E-state index is 0.247. The van der Waals surface area contributed by atoms with Crippen LogP contribution < -0.4 is 5.48 Å². The topological polar surface area (TPSA) is 75.5 Å². The van der Waals surface area contributed by atoms with Gasteiger partial charge in [-0.25, -0.2) is 0 Å². The van der Waals surface area contributed by atoms with Crippen molar-refractivity contribution < 1.29 is 10.2 Å². The monoisotopic (exact) mass is 370 g/mol. The Labute approximate surface area is 162 Å². The highest BCUT2D eigenvalue weighted by Crippen LogP contribution is 2.18. The number of unbranched alkanes of at least 4 members (excludes halogenated alkanes) is 11. The van der Waals surface area contributed by atoms with Crippen molar-refractivity contribution in [3.05, 3.63) is 17.4 Å². The van der Waals surface area contributed by atoms with Gasteiger partial charge in [0.05, 0.1) is 0 Å². The van der Waals surface area contributed by atoms with Crippen LogP contribution in [0.4, 0.5) is 0 Å². The molecule has 0 unspecified atom stereocenters. The summed E-state index contributed by atoms with van der Waals surface area (Å²) < 4.78 is 0. The van der Waals surface area contributed by atoms with Gasteiger partial charge in [-0.05, 0) is 57.4 Å². The maximum atomic E-state index is 10.1. The number of hydrogen-bond donors (Lipinski definition) is 3. The molecule has 0 radical (unpaired) electrons. The fourth-order valence-corrected chi connectivity index (χ4v) is 3.43. The number of hydrogen-bond acceptors (Lipinski definition) is 4. The Hall–Kier alpha value is -0.420. The third-order valence-corrected chi connectivity index (χ3v) is 5.12. The standard InChI is InChI=1S/C22H44NO3/c24-20-17-22(18-21-25)16-14-12-10-8-6-4-2-1-3-5-7-9-11-13-15-19-23-26/h1-2,22-25H,3-21H2/q-1. The van der Waals surface area contributed by atoms with E-state index in [1.54, 1.807) is 0 Å². The summed E-state index contributed by atoms with van der Waals surface area (Å²) in [4.78, 5) is 0. The lowest BCUT2D eigenvalue weighted by atomic mass is 9.95. The molecule has 0 amide bonds. The summed E-state index contributed by atoms with van der Waals surface area (Å²) in [7, 11) is 0. The Balaban J connectivity index is 3.23. The molecule has 0 fully saturated rings. The van der Waals surface area contributed by atoms with E-state index in [0.29, 0.717) is 12.5 Å². The summed E-state index contributed by atoms with van der Waals surface area (Å²) in [5.41, 5.74) is 1.96. The predicted octanol–water partition coefficient (Wildman–Crippen LogP) is 5.47. The van der Waals surface area contributed by atoms with Crippen molar-refractivity contribution in [2.75, 3.05) is 19.8 Å². The molecule has 0 atom stereocenters. The zero-order chi connectivity index (χ0) is 19.1. The van der Waals surface area contributed by atoms with E-state index in [2.05, 4.69) is 12.2 Å². The molecule has 3 N–H and O–H groups in total. The van der Waals surface area contributed by atoms with Gasteiger partial charge >= 0.3 is 0 Å². The predicted molar refractivity (Wildman–Crippen MR) is 112 cm³/mol. The molecular formula is C22H44NO3-. The Morgan fingerprint density at radius 1 is 0.615 bits per heavy atom. The summed E-state index contributed by atoms with van der Waals surface area (Å²) in [6.45, 7) is 1.10. The number of nitrogens with one attached hydrogen (secondary N) is 1. The maximum absolute atomic E-state index is 10.1. The van der Waals surface area contributed by atoms with Crippen molar-refractivity contribution in [1.29, 1.82) is 0 Å². The second-order valence-corrected chi connectivity index (χ2v) is 7.51. The number of rotatable bonds is 21. The number of aliphatic hydroxyl groups excluding tert-OH is 2. The van der Waals surface area contributed by atoms with Gasteiger partial charge in [-0.15, -0.1) is 0 Å². The molecule has 0 heterocycles. The molecule has 0 aliphatic carbocycles. The molecule has 0 spiro atoms. The first-order chi connectivity index (χ1) is 12.8. The molecule has 0 bridgehead atoms. The molecule has 0 aromatic rings. The van der Waals surface area contributed by atoms with E-state index in [4.69, 9.17) is 10.2 Å². The van der Waals surface area contributed by atoms with Crippen molar-refractivity contribution in [1.82, 2.24) is 5.48 Å². The molecule has 4 nitrogen and oxygen atoms in total. The fraction of sp³-hybridized carbons (Fsp3) is 0.909. The summed E-state index contributed by atoms with van der Waals surface area (Å²) in [5.74, 6) is 0.503. The largest absolute Gasteiger partial charge is 0.788 e. The highest BCUT2D eigenvalue weighted by Gasteiger charge is 2.06. The number of aliphatic hydroxyl groups is 2. The average molecular weight is 371 g/mol. The quantitative estimate of drug-likeness (QED) is 0.142. The van der Waals surface area contributed by atoms with Gasteiger partial charge in [0.2, 0.25) is 0 Å². The van der Waals surface area contributed by atoms with Gasteiger partial charge < -0.3 is 20.9 Å². The van der Waals surface area contributed by atoms with Crippen molar-refractivity contribution in [2.24, 2.45) is 5.92 Å². The van der Waals surface area contributed by atoms with Crippen LogP contribution in [0.3, 0.4) is 0 Å². The van der Waals surface area contributed by atoms with Crippen LogP contribution >= 0.6 is 0 Å². The molecule has 4 heteroatoms. The summed E-state index contributed by atoms with van der Waals surface area (Å²) in [6, 6.07) is 0. The van der Waals surface area contributed by atoms with Gasteiger partial charge in [0, 0.05) is 13.2 Å². The highest BCUT2D eigenvalue weighted by atomic mass is 16.5. The van der Waals surface area contributed by atoms with E-state index >= 15 is 0 Å². The first-order valence-corrected chi connectivity index (χ1v) is 11.1. The van der Waals surface area contributed by atoms with Gasteiger partial charge in [-0.3, -0.25) is 0 Å². The van der Waals surface area contributed by atoms with Crippen LogP contribution in [0.5, 0.6) is 0 Å². The van der Waals surface area contributed by atoms with Gasteiger partial charge in [-0.2, -0.15) is 0 Å². The lowest BCUT2D eigenvalue weighted by molar-refractivity contribution is 0.207. The fourth-order valence-electron chi connectivity index (χ4n) is 3.43. The van der Waals surface area contributed by atoms with E-state index in [1.807, 2.05) is 5.48 Å². The maximum Gasteiger partial charge on any atom is 0.0433 e. The van der Waals surface area contributed by atoms with Gasteiger partial charge in [-0.1, -0.05) is 69.9 Å². The second kappa shape index (κ2) is 22.6. The molecule has 0 aliphatic rings. The van der Waals surface area contributed by atoms with E-state index in [0.717, 1.165) is 25.7 Å². The first kappa shape index (κ1) is 25.6. The third kappa shape index (κ3) is 19.9. The minimum Gasteiger partial charge on any atom is -0.788 e. The van der Waals surface area contributed by atoms with Crippen LogP contribution in [-0.4, -0.2) is 30.0 Å². The van der Waals surface area contributed by atoms with Crippen LogP contribution in [0.15, 0.2) is 12.2 Å². The van der Waals surface area contributed by atoms with Crippen molar-refractivity contribution in [3.8, 4) is 0 Å². The number of hydroxylamine groups is 1. The van der Waals surface area contributed by atoms with E-state index in [-0.39, 0.29) is 13.2 Å². The molecule has 0 aromatic carbocycles. The lowest BCUT2D eigenvalue weighted by Crippen LogP contribution is -2.05. The zero-order valence-electron chi connectivity index (χ0n) is 17.0. The molecular weight excluding hydrogens is 326 g/mol. The summed E-state index contributed by atoms with van der Waals surface area (Å²) in [6.07, 6.45) is 23.7. The summed E-state index contributed by atoms with van der Waals surface area (Å²) in [5, 5.41) is 28.1. The Morgan fingerprint density at radius 3 is 1.58 bits per heavy atom. The van der Waals surface area contributed by atoms with Crippen LogP contribution in [0.2, 0.25) is 0 Å². The Kier molecular flexibility index (Phi) is 22.3. The third-order valence-electron chi connectivity index (χ3n) is 5.12. The SMILES string of the molecule is [O-]NCCCCCCCCC=CCCCCCCCC(CCO)CCO. The second-order valence-electron chi connectivity index (χ2n) is 7.51. The average Bonchev–Trinajstić information content (AvgIpc) is 2.64. The van der Waals surface area contributed by atoms with Crippen LogP contribution in [0.25, 0.3) is 0 Å². The van der Waals surface area contributed by atoms with Crippen LogP contribution in [-0.2, 0) is 0 Å². The van der Waals surface area contributed by atoms with Crippen molar-refractivity contribution in [3.63, 3.8) is 0 Å². The van der Waals surface area contributed by atoms with Crippen LogP contribution in [0.1, 0.15) is 103 Å². The van der Waals surface area contributed by atoms with Crippen LogP contribution in [0, 0.1) is 11.1 Å². The molecule has 0 saturated heterocycles. The van der Waals surface area contributed by atoms with E-state index in [9.17, 15) is 5.21 Å². The van der Waals surface area contributed by atoms with Gasteiger partial charge in [0.25, 0.3) is 0 Å². The first-order valence-electron chi connectivity index (χ1n) is 11.1. The van der Waals surface area contributed by atoms with Gasteiger partial charge in [0.1, 0.15) is 0 Å². The van der Waals surface area contributed by atoms with E-state index < -0.39 is 0 Å². The molecule has 0 aliphatic heterocycles. The molecule has 0 rings (SSSR count). The van der Waals surface area contributed by atoms with Crippen molar-refractivity contribution >= 4 is 0 Å².